The van der Waals surface area contributed by atoms with Crippen molar-refractivity contribution in [2.75, 3.05) is 19.7 Å². The van der Waals surface area contributed by atoms with Gasteiger partial charge in [0.2, 0.25) is 0 Å². The molecule has 0 spiro atoms. The number of piperidine rings is 1. The third-order valence-electron chi connectivity index (χ3n) is 3.16. The standard InChI is InChI=1S/C13H22N2O2/c1-2-16-12-4-3-7-15(9-12)10-13-6-5-11(8-14)17-13/h5-6,12H,2-4,7-10,14H2,1H3. The van der Waals surface area contributed by atoms with E-state index in [1.807, 2.05) is 12.1 Å². The van der Waals surface area contributed by atoms with Gasteiger partial charge in [-0.25, -0.2) is 0 Å². The van der Waals surface area contributed by atoms with Crippen LogP contribution < -0.4 is 5.73 Å². The maximum atomic E-state index is 5.68. The van der Waals surface area contributed by atoms with Crippen molar-refractivity contribution in [3.63, 3.8) is 0 Å². The summed E-state index contributed by atoms with van der Waals surface area (Å²) in [5, 5.41) is 0. The van der Waals surface area contributed by atoms with Crippen molar-refractivity contribution >= 4 is 0 Å². The van der Waals surface area contributed by atoms with Crippen molar-refractivity contribution < 1.29 is 9.15 Å². The molecule has 1 aliphatic heterocycles. The Morgan fingerprint density at radius 1 is 1.47 bits per heavy atom. The minimum Gasteiger partial charge on any atom is -0.463 e. The van der Waals surface area contributed by atoms with Crippen LogP contribution in [0.4, 0.5) is 0 Å². The summed E-state index contributed by atoms with van der Waals surface area (Å²) in [6, 6.07) is 3.98. The maximum Gasteiger partial charge on any atom is 0.118 e. The molecular formula is C13H22N2O2. The first-order valence-electron chi connectivity index (χ1n) is 6.43. The van der Waals surface area contributed by atoms with Gasteiger partial charge in [-0.1, -0.05) is 0 Å². The Hall–Kier alpha value is -0.840. The number of furan rings is 1. The zero-order valence-electron chi connectivity index (χ0n) is 10.5. The van der Waals surface area contributed by atoms with Gasteiger partial charge in [0.1, 0.15) is 11.5 Å². The molecule has 1 unspecified atom stereocenters. The fourth-order valence-corrected chi connectivity index (χ4v) is 2.37. The molecule has 2 rings (SSSR count). The maximum absolute atomic E-state index is 5.68. The number of nitrogens with zero attached hydrogens (tertiary/aromatic N) is 1. The number of hydrogen-bond donors (Lipinski definition) is 1. The first-order valence-corrected chi connectivity index (χ1v) is 6.43. The molecule has 4 nitrogen and oxygen atoms in total. The Morgan fingerprint density at radius 2 is 2.29 bits per heavy atom. The molecule has 96 valence electrons. The van der Waals surface area contributed by atoms with Gasteiger partial charge in [0.25, 0.3) is 0 Å². The first kappa shape index (κ1) is 12.6. The highest BCUT2D eigenvalue weighted by Gasteiger charge is 2.20. The van der Waals surface area contributed by atoms with Gasteiger partial charge in [0.15, 0.2) is 0 Å². The fourth-order valence-electron chi connectivity index (χ4n) is 2.37. The quantitative estimate of drug-likeness (QED) is 0.849. The zero-order chi connectivity index (χ0) is 12.1. The van der Waals surface area contributed by atoms with Crippen LogP contribution >= 0.6 is 0 Å². The molecule has 17 heavy (non-hydrogen) atoms. The van der Waals surface area contributed by atoms with Crippen LogP contribution in [0.25, 0.3) is 0 Å². The molecule has 1 aliphatic rings. The summed E-state index contributed by atoms with van der Waals surface area (Å²) < 4.78 is 11.3. The van der Waals surface area contributed by atoms with E-state index < -0.39 is 0 Å². The topological polar surface area (TPSA) is 51.6 Å². The summed E-state index contributed by atoms with van der Waals surface area (Å²) in [5.41, 5.74) is 5.53. The Labute approximate surface area is 103 Å². The third-order valence-corrected chi connectivity index (χ3v) is 3.16. The summed E-state index contributed by atoms with van der Waals surface area (Å²) in [6.45, 7) is 6.33. The molecule has 1 aromatic rings. The molecule has 1 saturated heterocycles. The van der Waals surface area contributed by atoms with E-state index >= 15 is 0 Å². The summed E-state index contributed by atoms with van der Waals surface area (Å²) in [4.78, 5) is 2.39. The molecule has 0 aliphatic carbocycles. The van der Waals surface area contributed by atoms with E-state index in [-0.39, 0.29) is 0 Å². The predicted octanol–water partition coefficient (Wildman–Crippen LogP) is 1.74. The lowest BCUT2D eigenvalue weighted by atomic mass is 10.1. The van der Waals surface area contributed by atoms with E-state index in [2.05, 4.69) is 11.8 Å². The van der Waals surface area contributed by atoms with Gasteiger partial charge in [-0.05, 0) is 38.4 Å². The van der Waals surface area contributed by atoms with Crippen LogP contribution in [0.1, 0.15) is 31.3 Å². The van der Waals surface area contributed by atoms with Crippen molar-refractivity contribution in [1.29, 1.82) is 0 Å². The van der Waals surface area contributed by atoms with Gasteiger partial charge in [0.05, 0.1) is 19.2 Å². The predicted molar refractivity (Wildman–Crippen MR) is 66.5 cm³/mol. The molecular weight excluding hydrogens is 216 g/mol. The van der Waals surface area contributed by atoms with Crippen LogP contribution in [-0.4, -0.2) is 30.7 Å². The number of likely N-dealkylation sites (tertiary alicyclic amines) is 1. The Morgan fingerprint density at radius 3 is 3.00 bits per heavy atom. The molecule has 2 heterocycles. The van der Waals surface area contributed by atoms with Crippen molar-refractivity contribution in [3.05, 3.63) is 23.7 Å². The highest BCUT2D eigenvalue weighted by Crippen LogP contribution is 2.17. The molecule has 1 atom stereocenters. The van der Waals surface area contributed by atoms with Crippen LogP contribution in [0, 0.1) is 0 Å². The van der Waals surface area contributed by atoms with E-state index in [0.717, 1.165) is 37.8 Å². The second kappa shape index (κ2) is 6.19. The SMILES string of the molecule is CCOC1CCCN(Cc2ccc(CN)o2)C1. The van der Waals surface area contributed by atoms with E-state index in [1.165, 1.54) is 12.8 Å². The molecule has 0 bridgehead atoms. The van der Waals surface area contributed by atoms with Crippen molar-refractivity contribution in [1.82, 2.24) is 4.90 Å². The molecule has 1 fully saturated rings. The lowest BCUT2D eigenvalue weighted by molar-refractivity contribution is 0.00194. The van der Waals surface area contributed by atoms with Crippen LogP contribution in [0.2, 0.25) is 0 Å². The normalized spacial score (nSPS) is 21.9. The molecule has 2 N–H and O–H groups in total. The lowest BCUT2D eigenvalue weighted by Gasteiger charge is -2.31. The van der Waals surface area contributed by atoms with Crippen molar-refractivity contribution in [2.24, 2.45) is 5.73 Å². The highest BCUT2D eigenvalue weighted by molar-refractivity contribution is 5.06. The molecule has 0 amide bonds. The lowest BCUT2D eigenvalue weighted by Crippen LogP contribution is -2.39. The first-order chi connectivity index (χ1) is 8.31. The van der Waals surface area contributed by atoms with Gasteiger partial charge >= 0.3 is 0 Å². The van der Waals surface area contributed by atoms with Gasteiger partial charge in [-0.2, -0.15) is 0 Å². The molecule has 0 aromatic carbocycles. The zero-order valence-corrected chi connectivity index (χ0v) is 10.5. The number of rotatable bonds is 5. The second-order valence-electron chi connectivity index (χ2n) is 4.53. The van der Waals surface area contributed by atoms with E-state index in [4.69, 9.17) is 14.9 Å². The monoisotopic (exact) mass is 238 g/mol. The highest BCUT2D eigenvalue weighted by atomic mass is 16.5. The van der Waals surface area contributed by atoms with Gasteiger partial charge in [-0.15, -0.1) is 0 Å². The van der Waals surface area contributed by atoms with Crippen molar-refractivity contribution in [3.8, 4) is 0 Å². The van der Waals surface area contributed by atoms with E-state index in [0.29, 0.717) is 12.6 Å². The number of ether oxygens (including phenoxy) is 1. The van der Waals surface area contributed by atoms with E-state index in [9.17, 15) is 0 Å². The average molecular weight is 238 g/mol. The Kier molecular flexibility index (Phi) is 4.59. The summed E-state index contributed by atoms with van der Waals surface area (Å²) in [6.07, 6.45) is 2.77. The van der Waals surface area contributed by atoms with Crippen LogP contribution in [0.3, 0.4) is 0 Å². The molecule has 4 heteroatoms. The molecule has 0 saturated carbocycles. The van der Waals surface area contributed by atoms with Crippen LogP contribution in [-0.2, 0) is 17.8 Å². The fraction of sp³-hybridized carbons (Fsp3) is 0.692. The van der Waals surface area contributed by atoms with Gasteiger partial charge in [-0.3, -0.25) is 4.90 Å². The smallest absolute Gasteiger partial charge is 0.118 e. The summed E-state index contributed by atoms with van der Waals surface area (Å²) in [7, 11) is 0. The molecule has 0 radical (unpaired) electrons. The van der Waals surface area contributed by atoms with Gasteiger partial charge in [0, 0.05) is 13.2 Å². The van der Waals surface area contributed by atoms with Crippen molar-refractivity contribution in [2.45, 2.75) is 39.0 Å². The van der Waals surface area contributed by atoms with E-state index in [1.54, 1.807) is 0 Å². The summed E-state index contributed by atoms with van der Waals surface area (Å²) in [5.74, 6) is 1.86. The summed E-state index contributed by atoms with van der Waals surface area (Å²) >= 11 is 0. The largest absolute Gasteiger partial charge is 0.463 e. The molecule has 1 aromatic heterocycles. The van der Waals surface area contributed by atoms with Crippen LogP contribution in [0.5, 0.6) is 0 Å². The van der Waals surface area contributed by atoms with Crippen LogP contribution in [0.15, 0.2) is 16.5 Å². The second-order valence-corrected chi connectivity index (χ2v) is 4.53. The number of hydrogen-bond acceptors (Lipinski definition) is 4. The van der Waals surface area contributed by atoms with Gasteiger partial charge < -0.3 is 14.9 Å². The Bertz CT molecular complexity index is 336. The number of nitrogens with two attached hydrogens (primary N) is 1. The third kappa shape index (κ3) is 3.56. The average Bonchev–Trinajstić information content (AvgIpc) is 2.78. The Balaban J connectivity index is 1.85. The minimum atomic E-state index is 0.387. The minimum absolute atomic E-state index is 0.387.